The molecule has 1 aliphatic heterocycles. The number of carbonyl (C=O) groups is 2. The van der Waals surface area contributed by atoms with E-state index in [1.165, 1.54) is 6.07 Å². The van der Waals surface area contributed by atoms with Crippen molar-refractivity contribution in [2.75, 3.05) is 30.4 Å². The molecule has 0 aromatic heterocycles. The summed E-state index contributed by atoms with van der Waals surface area (Å²) in [6, 6.07) is 12.3. The predicted molar refractivity (Wildman–Crippen MR) is 95.6 cm³/mol. The molecule has 0 atom stereocenters. The third-order valence-electron chi connectivity index (χ3n) is 4.19. The normalized spacial score (nSPS) is 12.9. The molecule has 1 amide bonds. The minimum atomic E-state index is -1.06. The molecule has 0 bridgehead atoms. The summed E-state index contributed by atoms with van der Waals surface area (Å²) in [6.45, 7) is 1.51. The van der Waals surface area contributed by atoms with Crippen LogP contribution in [-0.4, -0.2) is 37.2 Å². The average Bonchev–Trinajstić information content (AvgIpc) is 2.61. The van der Waals surface area contributed by atoms with E-state index in [2.05, 4.69) is 10.2 Å². The van der Waals surface area contributed by atoms with Gasteiger partial charge in [-0.05, 0) is 36.2 Å². The molecule has 2 aromatic rings. The first-order valence-electron chi connectivity index (χ1n) is 8.13. The second-order valence-electron chi connectivity index (χ2n) is 5.97. The minimum absolute atomic E-state index is 0.0865. The Bertz CT molecular complexity index is 804. The second-order valence-corrected chi connectivity index (χ2v) is 5.97. The molecule has 2 N–H and O–H groups in total. The summed E-state index contributed by atoms with van der Waals surface area (Å²) in [5.41, 5.74) is 2.47. The number of carbonyl (C=O) groups excluding carboxylic acids is 1. The fourth-order valence-corrected chi connectivity index (χ4v) is 2.80. The van der Waals surface area contributed by atoms with Gasteiger partial charge < -0.3 is 20.1 Å². The van der Waals surface area contributed by atoms with Crippen LogP contribution in [0.15, 0.2) is 42.5 Å². The van der Waals surface area contributed by atoms with Crippen molar-refractivity contribution in [1.82, 2.24) is 0 Å². The molecule has 0 saturated heterocycles. The highest BCUT2D eigenvalue weighted by atomic mass is 16.5. The summed E-state index contributed by atoms with van der Waals surface area (Å²) in [7, 11) is 2.01. The van der Waals surface area contributed by atoms with Crippen molar-refractivity contribution in [3.05, 3.63) is 53.6 Å². The van der Waals surface area contributed by atoms with Gasteiger partial charge in [0.05, 0.1) is 23.5 Å². The van der Waals surface area contributed by atoms with Crippen molar-refractivity contribution in [2.24, 2.45) is 0 Å². The van der Waals surface area contributed by atoms with Gasteiger partial charge in [-0.15, -0.1) is 0 Å². The zero-order valence-electron chi connectivity index (χ0n) is 14.0. The number of benzene rings is 2. The van der Waals surface area contributed by atoms with Crippen molar-refractivity contribution in [3.8, 4) is 5.75 Å². The van der Waals surface area contributed by atoms with Crippen LogP contribution in [0.2, 0.25) is 0 Å². The summed E-state index contributed by atoms with van der Waals surface area (Å²) in [5, 5.41) is 11.8. The van der Waals surface area contributed by atoms with Crippen LogP contribution in [0.25, 0.3) is 0 Å². The lowest BCUT2D eigenvalue weighted by Crippen LogP contribution is -2.28. The number of amides is 1. The van der Waals surface area contributed by atoms with Crippen LogP contribution in [0, 0.1) is 0 Å². The predicted octanol–water partition coefficient (Wildman–Crippen LogP) is 2.78. The summed E-state index contributed by atoms with van der Waals surface area (Å²) in [4.78, 5) is 25.5. The lowest BCUT2D eigenvalue weighted by Gasteiger charge is -2.28. The summed E-state index contributed by atoms with van der Waals surface area (Å²) >= 11 is 0. The Morgan fingerprint density at radius 3 is 2.84 bits per heavy atom. The van der Waals surface area contributed by atoms with Crippen LogP contribution in [0.5, 0.6) is 5.75 Å². The molecular weight excluding hydrogens is 320 g/mol. The number of carboxylic acids is 1. The topological polar surface area (TPSA) is 78.9 Å². The summed E-state index contributed by atoms with van der Waals surface area (Å²) in [5.74, 6) is -0.415. The van der Waals surface area contributed by atoms with Crippen molar-refractivity contribution >= 4 is 23.3 Å². The molecule has 2 aromatic carbocycles. The number of likely N-dealkylation sites (N-methyl/N-ethyl adjacent to an activating group) is 1. The molecule has 0 radical (unpaired) electrons. The number of hydrogen-bond acceptors (Lipinski definition) is 4. The SMILES string of the molecule is CN1CCOc2ccc(CCC(=O)Nc3ccccc3C(=O)O)cc21. The maximum absolute atomic E-state index is 12.2. The first kappa shape index (κ1) is 16.8. The number of fused-ring (bicyclic) bond motifs is 1. The summed E-state index contributed by atoms with van der Waals surface area (Å²) < 4.78 is 5.61. The van der Waals surface area contributed by atoms with Gasteiger partial charge in [-0.25, -0.2) is 4.79 Å². The van der Waals surface area contributed by atoms with Gasteiger partial charge in [0.2, 0.25) is 5.91 Å². The molecule has 1 aliphatic rings. The molecular formula is C19H20N2O4. The lowest BCUT2D eigenvalue weighted by atomic mass is 10.1. The van der Waals surface area contributed by atoms with E-state index in [-0.39, 0.29) is 17.9 Å². The highest BCUT2D eigenvalue weighted by Crippen LogP contribution is 2.31. The summed E-state index contributed by atoms with van der Waals surface area (Å²) in [6.07, 6.45) is 0.847. The van der Waals surface area contributed by atoms with E-state index in [4.69, 9.17) is 9.84 Å². The average molecular weight is 340 g/mol. The van der Waals surface area contributed by atoms with E-state index in [0.29, 0.717) is 18.7 Å². The van der Waals surface area contributed by atoms with Crippen molar-refractivity contribution in [1.29, 1.82) is 0 Å². The van der Waals surface area contributed by atoms with Crippen molar-refractivity contribution < 1.29 is 19.4 Å². The Hall–Kier alpha value is -3.02. The molecule has 1 heterocycles. The van der Waals surface area contributed by atoms with Gasteiger partial charge >= 0.3 is 5.97 Å². The number of nitrogens with zero attached hydrogens (tertiary/aromatic N) is 1. The molecule has 0 fully saturated rings. The fraction of sp³-hybridized carbons (Fsp3) is 0.263. The van der Waals surface area contributed by atoms with Gasteiger partial charge in [0.15, 0.2) is 0 Å². The number of carboxylic acid groups (broad SMARTS) is 1. The molecule has 25 heavy (non-hydrogen) atoms. The molecule has 0 saturated carbocycles. The Balaban J connectivity index is 1.63. The van der Waals surface area contributed by atoms with E-state index >= 15 is 0 Å². The van der Waals surface area contributed by atoms with E-state index < -0.39 is 5.97 Å². The van der Waals surface area contributed by atoms with Gasteiger partial charge in [-0.1, -0.05) is 18.2 Å². The Morgan fingerprint density at radius 1 is 1.24 bits per heavy atom. The Morgan fingerprint density at radius 2 is 2.04 bits per heavy atom. The molecule has 0 unspecified atom stereocenters. The quantitative estimate of drug-likeness (QED) is 0.875. The number of nitrogens with one attached hydrogen (secondary N) is 1. The van der Waals surface area contributed by atoms with E-state index in [9.17, 15) is 9.59 Å². The maximum atomic E-state index is 12.2. The minimum Gasteiger partial charge on any atom is -0.490 e. The van der Waals surface area contributed by atoms with Gasteiger partial charge in [-0.3, -0.25) is 4.79 Å². The van der Waals surface area contributed by atoms with Gasteiger partial charge in [0, 0.05) is 13.5 Å². The number of ether oxygens (including phenoxy) is 1. The van der Waals surface area contributed by atoms with Crippen LogP contribution in [0.4, 0.5) is 11.4 Å². The second kappa shape index (κ2) is 7.25. The van der Waals surface area contributed by atoms with Crippen LogP contribution in [-0.2, 0) is 11.2 Å². The fourth-order valence-electron chi connectivity index (χ4n) is 2.80. The smallest absolute Gasteiger partial charge is 0.337 e. The van der Waals surface area contributed by atoms with E-state index in [1.807, 2.05) is 25.2 Å². The van der Waals surface area contributed by atoms with Crippen molar-refractivity contribution in [2.45, 2.75) is 12.8 Å². The third kappa shape index (κ3) is 3.91. The van der Waals surface area contributed by atoms with Crippen molar-refractivity contribution in [3.63, 3.8) is 0 Å². The number of para-hydroxylation sites is 1. The van der Waals surface area contributed by atoms with Crippen LogP contribution < -0.4 is 15.0 Å². The van der Waals surface area contributed by atoms with Crippen LogP contribution in [0.3, 0.4) is 0 Å². The molecule has 0 aliphatic carbocycles. The number of aromatic carboxylic acids is 1. The van der Waals surface area contributed by atoms with Crippen LogP contribution in [0.1, 0.15) is 22.3 Å². The first-order chi connectivity index (χ1) is 12.0. The highest BCUT2D eigenvalue weighted by molar-refractivity contribution is 6.00. The number of aryl methyl sites for hydroxylation is 1. The molecule has 0 spiro atoms. The lowest BCUT2D eigenvalue weighted by molar-refractivity contribution is -0.116. The highest BCUT2D eigenvalue weighted by Gasteiger charge is 2.16. The molecule has 130 valence electrons. The van der Waals surface area contributed by atoms with Gasteiger partial charge in [0.1, 0.15) is 12.4 Å². The molecule has 6 nitrogen and oxygen atoms in total. The molecule has 6 heteroatoms. The molecule has 3 rings (SSSR count). The van der Waals surface area contributed by atoms with E-state index in [1.54, 1.807) is 18.2 Å². The monoisotopic (exact) mass is 340 g/mol. The largest absolute Gasteiger partial charge is 0.490 e. The standard InChI is InChI=1S/C19H20N2O4/c1-21-10-11-25-17-8-6-13(12-16(17)21)7-9-18(22)20-15-5-3-2-4-14(15)19(23)24/h2-6,8,12H,7,9-11H2,1H3,(H,20,22)(H,23,24). The van der Waals surface area contributed by atoms with Gasteiger partial charge in [0.25, 0.3) is 0 Å². The third-order valence-corrected chi connectivity index (χ3v) is 4.19. The zero-order chi connectivity index (χ0) is 17.8. The Labute approximate surface area is 146 Å². The van der Waals surface area contributed by atoms with Crippen LogP contribution >= 0.6 is 0 Å². The number of rotatable bonds is 5. The number of hydrogen-bond donors (Lipinski definition) is 2. The maximum Gasteiger partial charge on any atom is 0.337 e. The number of anilines is 2. The zero-order valence-corrected chi connectivity index (χ0v) is 14.0. The van der Waals surface area contributed by atoms with Gasteiger partial charge in [-0.2, -0.15) is 0 Å². The Kier molecular flexibility index (Phi) is 4.88. The van der Waals surface area contributed by atoms with E-state index in [0.717, 1.165) is 23.5 Å². The first-order valence-corrected chi connectivity index (χ1v) is 8.13.